The molecule has 1 N–H and O–H groups in total. The molecule has 0 aliphatic carbocycles. The Balaban J connectivity index is 1.83. The molecule has 1 aliphatic rings. The topological polar surface area (TPSA) is 46.0 Å². The van der Waals surface area contributed by atoms with E-state index in [4.69, 9.17) is 0 Å². The first-order chi connectivity index (χ1) is 7.65. The second-order valence-electron chi connectivity index (χ2n) is 4.90. The quantitative estimate of drug-likeness (QED) is 0.802. The lowest BCUT2D eigenvalue weighted by Crippen LogP contribution is -2.37. The van der Waals surface area contributed by atoms with Crippen LogP contribution in [0.1, 0.15) is 26.1 Å². The molecule has 0 saturated carbocycles. The van der Waals surface area contributed by atoms with Crippen LogP contribution in [0.3, 0.4) is 0 Å². The molecule has 2 heterocycles. The van der Waals surface area contributed by atoms with Crippen molar-refractivity contribution in [2.75, 3.05) is 13.1 Å². The number of nitrogens with zero attached hydrogens (tertiary/aromatic N) is 4. The summed E-state index contributed by atoms with van der Waals surface area (Å²) in [6.45, 7) is 7.58. The number of aromatic nitrogens is 3. The Morgan fingerprint density at radius 3 is 3.00 bits per heavy atom. The zero-order valence-corrected chi connectivity index (χ0v) is 10.3. The van der Waals surface area contributed by atoms with E-state index < -0.39 is 0 Å². The van der Waals surface area contributed by atoms with Gasteiger partial charge in [-0.3, -0.25) is 4.90 Å². The van der Waals surface area contributed by atoms with Crippen LogP contribution in [0.15, 0.2) is 6.33 Å². The summed E-state index contributed by atoms with van der Waals surface area (Å²) in [5.74, 6) is 1.05. The molecular formula is C11H21N5. The van der Waals surface area contributed by atoms with E-state index in [0.717, 1.165) is 25.5 Å². The van der Waals surface area contributed by atoms with Crippen LogP contribution in [-0.4, -0.2) is 44.8 Å². The fourth-order valence-electron chi connectivity index (χ4n) is 2.23. The first-order valence-corrected chi connectivity index (χ1v) is 5.96. The Hall–Kier alpha value is -0.940. The molecule has 1 saturated heterocycles. The highest BCUT2D eigenvalue weighted by molar-refractivity contribution is 4.89. The van der Waals surface area contributed by atoms with Gasteiger partial charge in [0, 0.05) is 32.2 Å². The van der Waals surface area contributed by atoms with E-state index in [1.54, 1.807) is 6.33 Å². The molecule has 90 valence electrons. The number of rotatable bonds is 4. The molecule has 5 nitrogen and oxygen atoms in total. The van der Waals surface area contributed by atoms with Gasteiger partial charge in [-0.25, -0.2) is 0 Å². The predicted molar refractivity (Wildman–Crippen MR) is 63.0 cm³/mol. The first kappa shape index (κ1) is 11.5. The molecule has 0 radical (unpaired) electrons. The second-order valence-corrected chi connectivity index (χ2v) is 4.90. The predicted octanol–water partition coefficient (Wildman–Crippen LogP) is 0.387. The van der Waals surface area contributed by atoms with Crippen LogP contribution in [0.5, 0.6) is 0 Å². The van der Waals surface area contributed by atoms with Crippen LogP contribution < -0.4 is 5.32 Å². The van der Waals surface area contributed by atoms with E-state index >= 15 is 0 Å². The highest BCUT2D eigenvalue weighted by atomic mass is 15.3. The van der Waals surface area contributed by atoms with Crippen LogP contribution in [0.4, 0.5) is 0 Å². The molecule has 16 heavy (non-hydrogen) atoms. The van der Waals surface area contributed by atoms with Gasteiger partial charge in [0.1, 0.15) is 12.2 Å². The summed E-state index contributed by atoms with van der Waals surface area (Å²) in [5, 5.41) is 11.6. The first-order valence-electron chi connectivity index (χ1n) is 5.96. The van der Waals surface area contributed by atoms with Crippen molar-refractivity contribution >= 4 is 0 Å². The van der Waals surface area contributed by atoms with E-state index in [1.165, 1.54) is 6.42 Å². The van der Waals surface area contributed by atoms with E-state index in [9.17, 15) is 0 Å². The lowest BCUT2D eigenvalue weighted by Gasteiger charge is -2.17. The Bertz CT molecular complexity index is 333. The lowest BCUT2D eigenvalue weighted by molar-refractivity contribution is 0.305. The fraction of sp³-hybridized carbons (Fsp3) is 0.818. The van der Waals surface area contributed by atoms with Crippen molar-refractivity contribution in [3.8, 4) is 0 Å². The SMILES string of the molecule is CC(C)NC1CCN(Cc2nncn2C)C1. The molecule has 0 spiro atoms. The molecule has 0 aromatic carbocycles. The zero-order valence-electron chi connectivity index (χ0n) is 10.3. The van der Waals surface area contributed by atoms with Gasteiger partial charge in [-0.05, 0) is 6.42 Å². The van der Waals surface area contributed by atoms with Crippen molar-refractivity contribution in [2.45, 2.75) is 38.9 Å². The van der Waals surface area contributed by atoms with Crippen molar-refractivity contribution in [1.82, 2.24) is 25.0 Å². The van der Waals surface area contributed by atoms with Gasteiger partial charge in [-0.1, -0.05) is 13.8 Å². The normalized spacial score (nSPS) is 22.1. The minimum atomic E-state index is 0.569. The van der Waals surface area contributed by atoms with Crippen molar-refractivity contribution in [1.29, 1.82) is 0 Å². The third kappa shape index (κ3) is 2.80. The molecule has 1 unspecified atom stereocenters. The molecule has 2 rings (SSSR count). The van der Waals surface area contributed by atoms with Crippen molar-refractivity contribution in [3.63, 3.8) is 0 Å². The van der Waals surface area contributed by atoms with Gasteiger partial charge in [0.25, 0.3) is 0 Å². The average Bonchev–Trinajstić information content (AvgIpc) is 2.77. The van der Waals surface area contributed by atoms with Gasteiger partial charge in [0.2, 0.25) is 0 Å². The molecule has 0 amide bonds. The number of hydrogen-bond donors (Lipinski definition) is 1. The van der Waals surface area contributed by atoms with Crippen molar-refractivity contribution in [2.24, 2.45) is 7.05 Å². The van der Waals surface area contributed by atoms with E-state index in [0.29, 0.717) is 12.1 Å². The smallest absolute Gasteiger partial charge is 0.146 e. The van der Waals surface area contributed by atoms with Crippen LogP contribution in [0.25, 0.3) is 0 Å². The molecule has 1 aliphatic heterocycles. The number of nitrogens with one attached hydrogen (secondary N) is 1. The van der Waals surface area contributed by atoms with Crippen LogP contribution in [-0.2, 0) is 13.6 Å². The third-order valence-electron chi connectivity index (χ3n) is 3.01. The molecule has 1 fully saturated rings. The van der Waals surface area contributed by atoms with Crippen molar-refractivity contribution < 1.29 is 0 Å². The monoisotopic (exact) mass is 223 g/mol. The molecule has 1 aromatic heterocycles. The number of aryl methyl sites for hydroxylation is 1. The van der Waals surface area contributed by atoms with Gasteiger partial charge >= 0.3 is 0 Å². The maximum atomic E-state index is 4.12. The van der Waals surface area contributed by atoms with E-state index in [1.807, 2.05) is 11.6 Å². The summed E-state index contributed by atoms with van der Waals surface area (Å²) in [6.07, 6.45) is 2.99. The van der Waals surface area contributed by atoms with Crippen molar-refractivity contribution in [3.05, 3.63) is 12.2 Å². The molecule has 1 aromatic rings. The summed E-state index contributed by atoms with van der Waals surface area (Å²) in [6, 6.07) is 1.20. The van der Waals surface area contributed by atoms with E-state index in [-0.39, 0.29) is 0 Å². The lowest BCUT2D eigenvalue weighted by atomic mass is 10.2. The summed E-state index contributed by atoms with van der Waals surface area (Å²) in [4.78, 5) is 2.43. The van der Waals surface area contributed by atoms with Gasteiger partial charge < -0.3 is 9.88 Å². The highest BCUT2D eigenvalue weighted by Crippen LogP contribution is 2.12. The van der Waals surface area contributed by atoms with Crippen LogP contribution >= 0.6 is 0 Å². The number of hydrogen-bond acceptors (Lipinski definition) is 4. The van der Waals surface area contributed by atoms with Crippen LogP contribution in [0, 0.1) is 0 Å². The zero-order chi connectivity index (χ0) is 11.5. The summed E-state index contributed by atoms with van der Waals surface area (Å²) >= 11 is 0. The van der Waals surface area contributed by atoms with Crippen LogP contribution in [0.2, 0.25) is 0 Å². The largest absolute Gasteiger partial charge is 0.320 e. The van der Waals surface area contributed by atoms with Gasteiger partial charge in [0.15, 0.2) is 0 Å². The Morgan fingerprint density at radius 2 is 2.38 bits per heavy atom. The minimum Gasteiger partial charge on any atom is -0.320 e. The number of likely N-dealkylation sites (tertiary alicyclic amines) is 1. The Kier molecular flexibility index (Phi) is 3.56. The maximum absolute atomic E-state index is 4.12. The van der Waals surface area contributed by atoms with Gasteiger partial charge in [0.05, 0.1) is 6.54 Å². The Morgan fingerprint density at radius 1 is 1.56 bits per heavy atom. The van der Waals surface area contributed by atoms with Gasteiger partial charge in [-0.15, -0.1) is 10.2 Å². The molecular weight excluding hydrogens is 202 g/mol. The minimum absolute atomic E-state index is 0.569. The standard InChI is InChI=1S/C11H21N5/c1-9(2)13-10-4-5-16(6-10)7-11-14-12-8-15(11)3/h8-10,13H,4-7H2,1-3H3. The molecule has 5 heteroatoms. The molecule has 1 atom stereocenters. The fourth-order valence-corrected chi connectivity index (χ4v) is 2.23. The average molecular weight is 223 g/mol. The Labute approximate surface area is 96.8 Å². The van der Waals surface area contributed by atoms with E-state index in [2.05, 4.69) is 34.3 Å². The summed E-state index contributed by atoms with van der Waals surface area (Å²) in [5.41, 5.74) is 0. The van der Waals surface area contributed by atoms with Gasteiger partial charge in [-0.2, -0.15) is 0 Å². The maximum Gasteiger partial charge on any atom is 0.146 e. The summed E-state index contributed by atoms with van der Waals surface area (Å²) in [7, 11) is 2.00. The summed E-state index contributed by atoms with van der Waals surface area (Å²) < 4.78 is 1.99. The second kappa shape index (κ2) is 4.93. The molecule has 0 bridgehead atoms. The third-order valence-corrected chi connectivity index (χ3v) is 3.01. The highest BCUT2D eigenvalue weighted by Gasteiger charge is 2.23.